The maximum absolute atomic E-state index is 9.34. The Bertz CT molecular complexity index is 255. The van der Waals surface area contributed by atoms with Gasteiger partial charge in [-0.2, -0.15) is 0 Å². The molecule has 0 aliphatic heterocycles. The van der Waals surface area contributed by atoms with E-state index in [4.69, 9.17) is 0 Å². The van der Waals surface area contributed by atoms with Crippen LogP contribution in [0.4, 0.5) is 0 Å². The fourth-order valence-corrected chi connectivity index (χ4v) is 0.755. The highest BCUT2D eigenvalue weighted by atomic mass is 16.3. The average molecular weight is 150 g/mol. The van der Waals surface area contributed by atoms with Gasteiger partial charge in [-0.05, 0) is 6.92 Å². The van der Waals surface area contributed by atoms with Crippen molar-refractivity contribution < 1.29 is 5.11 Å². The molecular formula is C8H10N2O. The van der Waals surface area contributed by atoms with Gasteiger partial charge in [0.2, 0.25) is 0 Å². The lowest BCUT2D eigenvalue weighted by Crippen LogP contribution is -1.97. The second-order valence-electron chi connectivity index (χ2n) is 2.12. The van der Waals surface area contributed by atoms with E-state index >= 15 is 0 Å². The van der Waals surface area contributed by atoms with Crippen molar-refractivity contribution in [3.63, 3.8) is 0 Å². The molecule has 0 fully saturated rings. The molecule has 1 rings (SSSR count). The summed E-state index contributed by atoms with van der Waals surface area (Å²) in [6.45, 7) is 1.74. The Hall–Kier alpha value is -1.27. The Balaban J connectivity index is 2.53. The molecule has 0 bridgehead atoms. The quantitative estimate of drug-likeness (QED) is 0.614. The highest BCUT2D eigenvalue weighted by Crippen LogP contribution is 2.09. The smallest absolute Gasteiger partial charge is 0.135 e. The summed E-state index contributed by atoms with van der Waals surface area (Å²) in [6.07, 6.45) is 3.14. The predicted octanol–water partition coefficient (Wildman–Crippen LogP) is 0.856. The van der Waals surface area contributed by atoms with Gasteiger partial charge in [0.25, 0.3) is 0 Å². The molecule has 1 aromatic rings. The lowest BCUT2D eigenvalue weighted by atomic mass is 10.2. The number of imidazole rings is 1. The number of aromatic nitrogens is 2. The van der Waals surface area contributed by atoms with Crippen molar-refractivity contribution in [1.29, 1.82) is 0 Å². The zero-order valence-corrected chi connectivity index (χ0v) is 6.33. The zero-order chi connectivity index (χ0) is 8.10. The largest absolute Gasteiger partial charge is 0.384 e. The van der Waals surface area contributed by atoms with Gasteiger partial charge in [0.1, 0.15) is 11.9 Å². The maximum Gasteiger partial charge on any atom is 0.135 e. The molecule has 2 N–H and O–H groups in total. The Morgan fingerprint density at radius 2 is 2.64 bits per heavy atom. The summed E-state index contributed by atoms with van der Waals surface area (Å²) in [5, 5.41) is 9.34. The SMILES string of the molecule is CC#CCC(O)c1ncc[nH]1. The fraction of sp³-hybridized carbons (Fsp3) is 0.375. The van der Waals surface area contributed by atoms with Crippen LogP contribution in [0.1, 0.15) is 25.3 Å². The summed E-state index contributed by atoms with van der Waals surface area (Å²) in [5.74, 6) is 6.06. The molecule has 0 spiro atoms. The van der Waals surface area contributed by atoms with Crippen LogP contribution in [0.3, 0.4) is 0 Å². The first kappa shape index (κ1) is 7.83. The highest BCUT2D eigenvalue weighted by molar-refractivity contribution is 5.02. The van der Waals surface area contributed by atoms with Crippen molar-refractivity contribution >= 4 is 0 Å². The topological polar surface area (TPSA) is 48.9 Å². The van der Waals surface area contributed by atoms with Crippen LogP contribution in [0.2, 0.25) is 0 Å². The third-order valence-electron chi connectivity index (χ3n) is 1.31. The molecule has 0 saturated heterocycles. The predicted molar refractivity (Wildman–Crippen MR) is 41.6 cm³/mol. The van der Waals surface area contributed by atoms with Crippen LogP contribution >= 0.6 is 0 Å². The van der Waals surface area contributed by atoms with Gasteiger partial charge in [0.15, 0.2) is 0 Å². The van der Waals surface area contributed by atoms with Gasteiger partial charge in [0.05, 0.1) is 0 Å². The standard InChI is InChI=1S/C8H10N2O/c1-2-3-4-7(11)8-9-5-6-10-8/h5-7,11H,4H2,1H3,(H,9,10). The lowest BCUT2D eigenvalue weighted by Gasteiger charge is -2.00. The van der Waals surface area contributed by atoms with E-state index in [0.29, 0.717) is 12.2 Å². The molecule has 58 valence electrons. The summed E-state index contributed by atoms with van der Waals surface area (Å²) in [7, 11) is 0. The fourth-order valence-electron chi connectivity index (χ4n) is 0.755. The number of hydrogen-bond acceptors (Lipinski definition) is 2. The summed E-state index contributed by atoms with van der Waals surface area (Å²) < 4.78 is 0. The van der Waals surface area contributed by atoms with Crippen LogP contribution in [0.5, 0.6) is 0 Å². The molecule has 0 aliphatic carbocycles. The van der Waals surface area contributed by atoms with E-state index < -0.39 is 6.10 Å². The maximum atomic E-state index is 9.34. The van der Waals surface area contributed by atoms with Gasteiger partial charge in [-0.25, -0.2) is 4.98 Å². The van der Waals surface area contributed by atoms with E-state index in [1.165, 1.54) is 0 Å². The van der Waals surface area contributed by atoms with E-state index in [9.17, 15) is 5.11 Å². The first-order chi connectivity index (χ1) is 5.34. The van der Waals surface area contributed by atoms with Crippen molar-refractivity contribution in [3.8, 4) is 11.8 Å². The van der Waals surface area contributed by atoms with Gasteiger partial charge >= 0.3 is 0 Å². The first-order valence-electron chi connectivity index (χ1n) is 3.41. The first-order valence-corrected chi connectivity index (χ1v) is 3.41. The number of H-pyrrole nitrogens is 1. The molecule has 1 atom stereocenters. The van der Waals surface area contributed by atoms with E-state index in [-0.39, 0.29) is 0 Å². The molecule has 11 heavy (non-hydrogen) atoms. The number of aromatic amines is 1. The minimum atomic E-state index is -0.586. The number of aliphatic hydroxyl groups is 1. The molecule has 0 saturated carbocycles. The normalized spacial score (nSPS) is 11.8. The van der Waals surface area contributed by atoms with Gasteiger partial charge in [-0.1, -0.05) is 0 Å². The van der Waals surface area contributed by atoms with Crippen molar-refractivity contribution in [1.82, 2.24) is 9.97 Å². The third kappa shape index (κ3) is 2.10. The van der Waals surface area contributed by atoms with Crippen LogP contribution in [-0.4, -0.2) is 15.1 Å². The molecule has 0 aliphatic rings. The minimum absolute atomic E-state index is 0.435. The summed E-state index contributed by atoms with van der Waals surface area (Å²) >= 11 is 0. The monoisotopic (exact) mass is 150 g/mol. The Morgan fingerprint density at radius 3 is 3.18 bits per heavy atom. The number of hydrogen-bond donors (Lipinski definition) is 2. The van der Waals surface area contributed by atoms with Gasteiger partial charge in [0, 0.05) is 18.8 Å². The van der Waals surface area contributed by atoms with E-state index in [0.717, 1.165) is 0 Å². The molecule has 0 amide bonds. The third-order valence-corrected chi connectivity index (χ3v) is 1.31. The lowest BCUT2D eigenvalue weighted by molar-refractivity contribution is 0.175. The Labute approximate surface area is 65.5 Å². The number of rotatable bonds is 2. The Morgan fingerprint density at radius 1 is 1.82 bits per heavy atom. The summed E-state index contributed by atoms with van der Waals surface area (Å²) in [6, 6.07) is 0. The summed E-state index contributed by atoms with van der Waals surface area (Å²) in [5.41, 5.74) is 0. The molecule has 0 aromatic carbocycles. The number of nitrogens with zero attached hydrogens (tertiary/aromatic N) is 1. The molecular weight excluding hydrogens is 140 g/mol. The van der Waals surface area contributed by atoms with Crippen LogP contribution in [0, 0.1) is 11.8 Å². The van der Waals surface area contributed by atoms with Crippen molar-refractivity contribution in [2.45, 2.75) is 19.4 Å². The zero-order valence-electron chi connectivity index (χ0n) is 6.33. The van der Waals surface area contributed by atoms with Crippen molar-refractivity contribution in [2.75, 3.05) is 0 Å². The van der Waals surface area contributed by atoms with Crippen molar-refractivity contribution in [2.24, 2.45) is 0 Å². The van der Waals surface area contributed by atoms with Crippen LogP contribution in [0.15, 0.2) is 12.4 Å². The molecule has 3 nitrogen and oxygen atoms in total. The van der Waals surface area contributed by atoms with Gasteiger partial charge in [-0.3, -0.25) is 0 Å². The minimum Gasteiger partial charge on any atom is -0.384 e. The van der Waals surface area contributed by atoms with Crippen LogP contribution in [-0.2, 0) is 0 Å². The Kier molecular flexibility index (Phi) is 2.70. The summed E-state index contributed by atoms with van der Waals surface area (Å²) in [4.78, 5) is 6.71. The van der Waals surface area contributed by atoms with Crippen molar-refractivity contribution in [3.05, 3.63) is 18.2 Å². The van der Waals surface area contributed by atoms with E-state index in [2.05, 4.69) is 21.8 Å². The second kappa shape index (κ2) is 3.79. The van der Waals surface area contributed by atoms with E-state index in [1.54, 1.807) is 19.3 Å². The highest BCUT2D eigenvalue weighted by Gasteiger charge is 2.06. The number of aliphatic hydroxyl groups excluding tert-OH is 1. The molecule has 1 unspecified atom stereocenters. The van der Waals surface area contributed by atoms with E-state index in [1.807, 2.05) is 0 Å². The van der Waals surface area contributed by atoms with Gasteiger partial charge < -0.3 is 10.1 Å². The van der Waals surface area contributed by atoms with Crippen LogP contribution < -0.4 is 0 Å². The van der Waals surface area contributed by atoms with Gasteiger partial charge in [-0.15, -0.1) is 11.8 Å². The second-order valence-corrected chi connectivity index (χ2v) is 2.12. The molecule has 1 aromatic heterocycles. The molecule has 3 heteroatoms. The average Bonchev–Trinajstić information content (AvgIpc) is 2.52. The van der Waals surface area contributed by atoms with Crippen LogP contribution in [0.25, 0.3) is 0 Å². The number of nitrogens with one attached hydrogen (secondary N) is 1. The molecule has 1 heterocycles. The molecule has 0 radical (unpaired) electrons.